The smallest absolute Gasteiger partial charge is 0.316 e. The molecule has 0 saturated heterocycles. The zero-order chi connectivity index (χ0) is 18.2. The van der Waals surface area contributed by atoms with Crippen molar-refractivity contribution in [3.63, 3.8) is 0 Å². The number of esters is 1. The van der Waals surface area contributed by atoms with E-state index in [4.69, 9.17) is 4.74 Å². The summed E-state index contributed by atoms with van der Waals surface area (Å²) in [6, 6.07) is 7.51. The van der Waals surface area contributed by atoms with Crippen molar-refractivity contribution in [2.45, 2.75) is 30.7 Å². The fraction of sp³-hybridized carbons (Fsp3) is 0.375. The van der Waals surface area contributed by atoms with Crippen molar-refractivity contribution in [3.8, 4) is 5.75 Å². The van der Waals surface area contributed by atoms with Crippen molar-refractivity contribution in [1.29, 1.82) is 0 Å². The van der Waals surface area contributed by atoms with Gasteiger partial charge >= 0.3 is 5.97 Å². The van der Waals surface area contributed by atoms with Crippen LogP contribution in [0.15, 0.2) is 28.6 Å². The van der Waals surface area contributed by atoms with E-state index in [2.05, 4.69) is 20.3 Å². The SMILES string of the molecule is CC[C@H](Oc1ccc(C)cc1)C(=O)Nc1nnc(SCC(=O)OC)s1. The van der Waals surface area contributed by atoms with Gasteiger partial charge < -0.3 is 9.47 Å². The molecule has 0 unspecified atom stereocenters. The number of methoxy groups -OCH3 is 1. The van der Waals surface area contributed by atoms with Crippen molar-refractivity contribution < 1.29 is 19.1 Å². The molecule has 0 aliphatic heterocycles. The molecule has 1 aromatic heterocycles. The summed E-state index contributed by atoms with van der Waals surface area (Å²) in [5.41, 5.74) is 1.12. The number of amides is 1. The Hall–Kier alpha value is -2.13. The quantitative estimate of drug-likeness (QED) is 0.427. The highest BCUT2D eigenvalue weighted by molar-refractivity contribution is 8.01. The standard InChI is InChI=1S/C16H19N3O4S2/c1-4-12(23-11-7-5-10(2)6-8-11)14(21)17-15-18-19-16(25-15)24-9-13(20)22-3/h5-8,12H,4,9H2,1-3H3,(H,17,18,21)/t12-/m0/s1. The molecule has 1 atom stereocenters. The van der Waals surface area contributed by atoms with Gasteiger partial charge in [0.2, 0.25) is 5.13 Å². The van der Waals surface area contributed by atoms with E-state index >= 15 is 0 Å². The van der Waals surface area contributed by atoms with Crippen LogP contribution in [0.1, 0.15) is 18.9 Å². The zero-order valence-corrected chi connectivity index (χ0v) is 15.8. The second kappa shape index (κ2) is 9.38. The molecule has 134 valence electrons. The van der Waals surface area contributed by atoms with E-state index in [-0.39, 0.29) is 17.6 Å². The summed E-state index contributed by atoms with van der Waals surface area (Å²) in [5.74, 6) is 0.152. The van der Waals surface area contributed by atoms with Crippen LogP contribution in [0, 0.1) is 6.92 Å². The number of hydrogen-bond donors (Lipinski definition) is 1. The molecular weight excluding hydrogens is 362 g/mol. The second-order valence-corrected chi connectivity index (χ2v) is 7.25. The maximum Gasteiger partial charge on any atom is 0.316 e. The second-order valence-electron chi connectivity index (χ2n) is 5.05. The number of hydrogen-bond acceptors (Lipinski definition) is 8. The molecule has 0 spiro atoms. The van der Waals surface area contributed by atoms with Crippen LogP contribution in [-0.4, -0.2) is 41.0 Å². The van der Waals surface area contributed by atoms with Crippen LogP contribution < -0.4 is 10.1 Å². The largest absolute Gasteiger partial charge is 0.481 e. The topological polar surface area (TPSA) is 90.4 Å². The molecule has 2 rings (SSSR count). The number of ether oxygens (including phenoxy) is 2. The van der Waals surface area contributed by atoms with Crippen LogP contribution in [0.3, 0.4) is 0 Å². The lowest BCUT2D eigenvalue weighted by atomic mass is 10.2. The summed E-state index contributed by atoms with van der Waals surface area (Å²) in [6.45, 7) is 3.86. The molecule has 7 nitrogen and oxygen atoms in total. The van der Waals surface area contributed by atoms with Gasteiger partial charge in [-0.05, 0) is 25.5 Å². The van der Waals surface area contributed by atoms with E-state index in [1.54, 1.807) is 0 Å². The van der Waals surface area contributed by atoms with Crippen LogP contribution >= 0.6 is 23.1 Å². The Morgan fingerprint density at radius 3 is 2.64 bits per heavy atom. The van der Waals surface area contributed by atoms with Gasteiger partial charge in [-0.1, -0.05) is 47.7 Å². The molecule has 2 aromatic rings. The third kappa shape index (κ3) is 6.02. The number of carbonyl (C=O) groups is 2. The van der Waals surface area contributed by atoms with Crippen LogP contribution in [-0.2, 0) is 14.3 Å². The van der Waals surface area contributed by atoms with E-state index in [1.165, 1.54) is 30.2 Å². The van der Waals surface area contributed by atoms with Gasteiger partial charge in [-0.15, -0.1) is 10.2 Å². The summed E-state index contributed by atoms with van der Waals surface area (Å²) in [7, 11) is 1.33. The molecule has 1 amide bonds. The van der Waals surface area contributed by atoms with Gasteiger partial charge in [-0.3, -0.25) is 14.9 Å². The number of aryl methyl sites for hydroxylation is 1. The van der Waals surface area contributed by atoms with E-state index in [9.17, 15) is 9.59 Å². The molecule has 0 bridgehead atoms. The maximum absolute atomic E-state index is 12.4. The fourth-order valence-corrected chi connectivity index (χ4v) is 3.37. The van der Waals surface area contributed by atoms with Crippen molar-refractivity contribution in [1.82, 2.24) is 10.2 Å². The highest BCUT2D eigenvalue weighted by atomic mass is 32.2. The van der Waals surface area contributed by atoms with Crippen molar-refractivity contribution in [2.75, 3.05) is 18.2 Å². The fourth-order valence-electron chi connectivity index (χ4n) is 1.79. The van der Waals surface area contributed by atoms with Crippen molar-refractivity contribution >= 4 is 40.1 Å². The number of rotatable bonds is 8. The summed E-state index contributed by atoms with van der Waals surface area (Å²) in [6.07, 6.45) is -0.111. The van der Waals surface area contributed by atoms with Gasteiger partial charge in [0, 0.05) is 0 Å². The first-order chi connectivity index (χ1) is 12.0. The lowest BCUT2D eigenvalue weighted by Crippen LogP contribution is -2.32. The van der Waals surface area contributed by atoms with E-state index in [0.29, 0.717) is 21.6 Å². The Morgan fingerprint density at radius 2 is 2.00 bits per heavy atom. The lowest BCUT2D eigenvalue weighted by molar-refractivity contribution is -0.137. The summed E-state index contributed by atoms with van der Waals surface area (Å²) in [5, 5.41) is 10.9. The summed E-state index contributed by atoms with van der Waals surface area (Å²) < 4.78 is 10.9. The first kappa shape index (κ1) is 19.2. The molecular formula is C16H19N3O4S2. The van der Waals surface area contributed by atoms with Gasteiger partial charge in [0.15, 0.2) is 10.4 Å². The van der Waals surface area contributed by atoms with Gasteiger partial charge in [0.05, 0.1) is 12.9 Å². The number of carbonyl (C=O) groups excluding carboxylic acids is 2. The highest BCUT2D eigenvalue weighted by Gasteiger charge is 2.20. The molecule has 1 heterocycles. The molecule has 0 fully saturated rings. The molecule has 0 saturated carbocycles. The Bertz CT molecular complexity index is 718. The molecule has 0 aliphatic rings. The number of thioether (sulfide) groups is 1. The Balaban J connectivity index is 1.91. The van der Waals surface area contributed by atoms with Gasteiger partial charge in [-0.25, -0.2) is 0 Å². The average molecular weight is 381 g/mol. The van der Waals surface area contributed by atoms with Gasteiger partial charge in [0.1, 0.15) is 5.75 Å². The third-order valence-electron chi connectivity index (χ3n) is 3.14. The molecule has 0 aliphatic carbocycles. The average Bonchev–Trinajstić information content (AvgIpc) is 3.06. The zero-order valence-electron chi connectivity index (χ0n) is 14.1. The van der Waals surface area contributed by atoms with Crippen LogP contribution in [0.25, 0.3) is 0 Å². The minimum absolute atomic E-state index is 0.146. The Labute approximate surface area is 154 Å². The molecule has 25 heavy (non-hydrogen) atoms. The first-order valence-electron chi connectivity index (χ1n) is 7.59. The van der Waals surface area contributed by atoms with Crippen molar-refractivity contribution in [3.05, 3.63) is 29.8 Å². The normalized spacial score (nSPS) is 11.6. The molecule has 1 N–H and O–H groups in total. The molecule has 1 aromatic carbocycles. The molecule has 9 heteroatoms. The number of benzene rings is 1. The van der Waals surface area contributed by atoms with E-state index < -0.39 is 6.10 Å². The van der Waals surface area contributed by atoms with Crippen LogP contribution in [0.2, 0.25) is 0 Å². The van der Waals surface area contributed by atoms with E-state index in [0.717, 1.165) is 5.56 Å². The minimum Gasteiger partial charge on any atom is -0.481 e. The van der Waals surface area contributed by atoms with E-state index in [1.807, 2.05) is 38.1 Å². The van der Waals surface area contributed by atoms with Gasteiger partial charge in [-0.2, -0.15) is 0 Å². The van der Waals surface area contributed by atoms with Crippen LogP contribution in [0.4, 0.5) is 5.13 Å². The van der Waals surface area contributed by atoms with Gasteiger partial charge in [0.25, 0.3) is 5.91 Å². The first-order valence-corrected chi connectivity index (χ1v) is 9.39. The van der Waals surface area contributed by atoms with Crippen molar-refractivity contribution in [2.24, 2.45) is 0 Å². The number of aromatic nitrogens is 2. The minimum atomic E-state index is -0.627. The molecule has 0 radical (unpaired) electrons. The third-order valence-corrected chi connectivity index (χ3v) is 5.09. The number of nitrogens with zero attached hydrogens (tertiary/aromatic N) is 2. The maximum atomic E-state index is 12.4. The highest BCUT2D eigenvalue weighted by Crippen LogP contribution is 2.26. The predicted molar refractivity (Wildman–Crippen MR) is 97.2 cm³/mol. The predicted octanol–water partition coefficient (Wildman–Crippen LogP) is 2.91. The number of anilines is 1. The Morgan fingerprint density at radius 1 is 1.28 bits per heavy atom. The monoisotopic (exact) mass is 381 g/mol. The summed E-state index contributed by atoms with van der Waals surface area (Å²) in [4.78, 5) is 23.5. The Kier molecular flexibility index (Phi) is 7.20. The summed E-state index contributed by atoms with van der Waals surface area (Å²) >= 11 is 2.40. The number of nitrogens with one attached hydrogen (secondary N) is 1. The lowest BCUT2D eigenvalue weighted by Gasteiger charge is -2.16. The van der Waals surface area contributed by atoms with Crippen LogP contribution in [0.5, 0.6) is 5.75 Å².